The van der Waals surface area contributed by atoms with Gasteiger partial charge in [0.2, 0.25) is 15.9 Å². The number of rotatable bonds is 8. The number of methoxy groups -OCH3 is 1. The van der Waals surface area contributed by atoms with Crippen LogP contribution in [0, 0.1) is 0 Å². The van der Waals surface area contributed by atoms with Crippen LogP contribution in [-0.4, -0.2) is 44.6 Å². The van der Waals surface area contributed by atoms with Crippen LogP contribution >= 0.6 is 35.0 Å². The topological polar surface area (TPSA) is 75.7 Å². The Labute approximate surface area is 197 Å². The van der Waals surface area contributed by atoms with Crippen LogP contribution in [-0.2, 0) is 20.6 Å². The summed E-state index contributed by atoms with van der Waals surface area (Å²) in [5.74, 6) is 0.844. The van der Waals surface area contributed by atoms with Crippen LogP contribution < -0.4 is 10.1 Å². The number of hydrogen-bond acceptors (Lipinski definition) is 5. The Morgan fingerprint density at radius 2 is 1.84 bits per heavy atom. The molecule has 0 radical (unpaired) electrons. The lowest BCUT2D eigenvalue weighted by atomic mass is 10.2. The van der Waals surface area contributed by atoms with E-state index in [9.17, 15) is 13.2 Å². The van der Waals surface area contributed by atoms with Crippen molar-refractivity contribution < 1.29 is 17.9 Å². The zero-order valence-electron chi connectivity index (χ0n) is 17.1. The van der Waals surface area contributed by atoms with Gasteiger partial charge in [0.05, 0.1) is 22.9 Å². The molecule has 3 rings (SSSR count). The lowest BCUT2D eigenvalue weighted by molar-refractivity contribution is -0.113. The van der Waals surface area contributed by atoms with Gasteiger partial charge in [0.15, 0.2) is 0 Å². The van der Waals surface area contributed by atoms with Gasteiger partial charge in [-0.15, -0.1) is 11.8 Å². The minimum Gasteiger partial charge on any atom is -0.495 e. The van der Waals surface area contributed by atoms with E-state index < -0.39 is 10.0 Å². The molecular weight excluding hydrogens is 479 g/mol. The highest BCUT2D eigenvalue weighted by Crippen LogP contribution is 2.31. The maximum Gasteiger partial charge on any atom is 0.246 e. The molecule has 0 saturated carbocycles. The molecule has 0 unspecified atom stereocenters. The van der Waals surface area contributed by atoms with Crippen LogP contribution in [0.4, 0.5) is 5.69 Å². The number of carbonyl (C=O) groups excluding carboxylic acids is 1. The number of carbonyl (C=O) groups is 1. The summed E-state index contributed by atoms with van der Waals surface area (Å²) < 4.78 is 32.9. The molecule has 1 fully saturated rings. The van der Waals surface area contributed by atoms with Crippen LogP contribution in [0.5, 0.6) is 5.75 Å². The first-order valence-corrected chi connectivity index (χ1v) is 13.2. The number of halogens is 2. The largest absolute Gasteiger partial charge is 0.495 e. The fourth-order valence-corrected chi connectivity index (χ4v) is 6.08. The van der Waals surface area contributed by atoms with Gasteiger partial charge in [-0.05, 0) is 48.7 Å². The van der Waals surface area contributed by atoms with Crippen molar-refractivity contribution in [3.63, 3.8) is 0 Å². The number of nitrogens with zero attached hydrogens (tertiary/aromatic N) is 1. The number of anilines is 1. The Kier molecular flexibility index (Phi) is 8.52. The van der Waals surface area contributed by atoms with Crippen LogP contribution in [0.15, 0.2) is 41.3 Å². The van der Waals surface area contributed by atoms with Gasteiger partial charge in [-0.3, -0.25) is 4.79 Å². The number of piperidine rings is 1. The zero-order chi connectivity index (χ0) is 22.4. The van der Waals surface area contributed by atoms with Crippen molar-refractivity contribution in [1.82, 2.24) is 4.31 Å². The van der Waals surface area contributed by atoms with Gasteiger partial charge in [-0.25, -0.2) is 8.42 Å². The molecule has 1 N–H and O–H groups in total. The summed E-state index contributed by atoms with van der Waals surface area (Å²) in [6.45, 7) is 0.987. The van der Waals surface area contributed by atoms with Crippen molar-refractivity contribution in [2.45, 2.75) is 29.9 Å². The van der Waals surface area contributed by atoms with E-state index in [4.69, 9.17) is 27.9 Å². The monoisotopic (exact) mass is 502 g/mol. The number of amides is 1. The Morgan fingerprint density at radius 3 is 2.52 bits per heavy atom. The van der Waals surface area contributed by atoms with E-state index in [0.29, 0.717) is 34.6 Å². The Morgan fingerprint density at radius 1 is 1.10 bits per heavy atom. The Hall–Kier alpha value is -1.45. The van der Waals surface area contributed by atoms with Crippen LogP contribution in [0.2, 0.25) is 10.0 Å². The SMILES string of the molecule is COc1ccc(NC(=O)CSCc2ccc(Cl)c(Cl)c2)cc1S(=O)(=O)N1CCCCC1. The summed E-state index contributed by atoms with van der Waals surface area (Å²) in [7, 11) is -2.26. The van der Waals surface area contributed by atoms with Gasteiger partial charge in [0.25, 0.3) is 0 Å². The van der Waals surface area contributed by atoms with E-state index in [2.05, 4.69) is 5.32 Å². The molecule has 2 aromatic carbocycles. The molecular formula is C21H24Cl2N2O4S2. The maximum atomic E-state index is 13.1. The number of thioether (sulfide) groups is 1. The number of ether oxygens (including phenoxy) is 1. The molecule has 0 atom stereocenters. The molecule has 6 nitrogen and oxygen atoms in total. The molecule has 0 spiro atoms. The van der Waals surface area contributed by atoms with Crippen molar-refractivity contribution in [3.05, 3.63) is 52.0 Å². The minimum absolute atomic E-state index is 0.0677. The number of benzene rings is 2. The number of hydrogen-bond donors (Lipinski definition) is 1. The standard InChI is InChI=1S/C21H24Cl2N2O4S2/c1-29-19-8-6-16(12-20(19)31(27,28)25-9-3-2-4-10-25)24-21(26)14-30-13-15-5-7-17(22)18(23)11-15/h5-8,11-12H,2-4,9-10,13-14H2,1H3,(H,24,26). The van der Waals surface area contributed by atoms with E-state index in [-0.39, 0.29) is 22.3 Å². The highest BCUT2D eigenvalue weighted by Gasteiger charge is 2.29. The molecule has 1 amide bonds. The average molecular weight is 503 g/mol. The van der Waals surface area contributed by atoms with Crippen molar-refractivity contribution in [2.24, 2.45) is 0 Å². The number of sulfonamides is 1. The first-order chi connectivity index (χ1) is 14.8. The van der Waals surface area contributed by atoms with E-state index >= 15 is 0 Å². The molecule has 168 valence electrons. The maximum absolute atomic E-state index is 13.1. The third-order valence-electron chi connectivity index (χ3n) is 4.87. The van der Waals surface area contributed by atoms with Crippen molar-refractivity contribution in [1.29, 1.82) is 0 Å². The molecule has 0 aliphatic carbocycles. The van der Waals surface area contributed by atoms with Gasteiger partial charge in [-0.2, -0.15) is 4.31 Å². The molecule has 1 aliphatic heterocycles. The second-order valence-electron chi connectivity index (χ2n) is 7.12. The fourth-order valence-electron chi connectivity index (χ4n) is 3.29. The van der Waals surface area contributed by atoms with Crippen LogP contribution in [0.25, 0.3) is 0 Å². The Balaban J connectivity index is 1.65. The van der Waals surface area contributed by atoms with Crippen LogP contribution in [0.1, 0.15) is 24.8 Å². The first-order valence-electron chi connectivity index (χ1n) is 9.81. The second-order valence-corrected chi connectivity index (χ2v) is 10.8. The predicted octanol–water partition coefficient (Wildman–Crippen LogP) is 5.05. The minimum atomic E-state index is -3.70. The third-order valence-corrected chi connectivity index (χ3v) is 8.53. The van der Waals surface area contributed by atoms with Crippen LogP contribution in [0.3, 0.4) is 0 Å². The summed E-state index contributed by atoms with van der Waals surface area (Å²) in [6.07, 6.45) is 2.71. The second kappa shape index (κ2) is 10.9. The summed E-state index contributed by atoms with van der Waals surface area (Å²) >= 11 is 13.3. The summed E-state index contributed by atoms with van der Waals surface area (Å²) in [5, 5.41) is 3.74. The van der Waals surface area contributed by atoms with Gasteiger partial charge >= 0.3 is 0 Å². The highest BCUT2D eigenvalue weighted by atomic mass is 35.5. The highest BCUT2D eigenvalue weighted by molar-refractivity contribution is 7.99. The first kappa shape index (κ1) is 24.2. The average Bonchev–Trinajstić information content (AvgIpc) is 2.77. The van der Waals surface area contributed by atoms with Crippen molar-refractivity contribution in [3.8, 4) is 5.75 Å². The Bertz CT molecular complexity index is 1040. The lowest BCUT2D eigenvalue weighted by Gasteiger charge is -2.26. The smallest absolute Gasteiger partial charge is 0.246 e. The third kappa shape index (κ3) is 6.29. The van der Waals surface area contributed by atoms with E-state index in [1.165, 1.54) is 29.2 Å². The van der Waals surface area contributed by atoms with Crippen molar-refractivity contribution in [2.75, 3.05) is 31.3 Å². The predicted molar refractivity (Wildman–Crippen MR) is 127 cm³/mol. The molecule has 0 aromatic heterocycles. The van der Waals surface area contributed by atoms with E-state index in [1.807, 2.05) is 6.07 Å². The molecule has 1 aliphatic rings. The lowest BCUT2D eigenvalue weighted by Crippen LogP contribution is -2.35. The van der Waals surface area contributed by atoms with Gasteiger partial charge < -0.3 is 10.1 Å². The molecule has 31 heavy (non-hydrogen) atoms. The fraction of sp³-hybridized carbons (Fsp3) is 0.381. The van der Waals surface area contributed by atoms with Gasteiger partial charge in [-0.1, -0.05) is 35.7 Å². The normalized spacial score (nSPS) is 14.9. The van der Waals surface area contributed by atoms with Gasteiger partial charge in [0.1, 0.15) is 10.6 Å². The summed E-state index contributed by atoms with van der Waals surface area (Å²) in [4.78, 5) is 12.4. The molecule has 1 saturated heterocycles. The molecule has 10 heteroatoms. The summed E-state index contributed by atoms with van der Waals surface area (Å²) in [6, 6.07) is 10.0. The van der Waals surface area contributed by atoms with Crippen molar-refractivity contribution >= 4 is 56.6 Å². The summed E-state index contributed by atoms with van der Waals surface area (Å²) in [5.41, 5.74) is 1.38. The molecule has 1 heterocycles. The number of nitrogens with one attached hydrogen (secondary N) is 1. The van der Waals surface area contributed by atoms with E-state index in [0.717, 1.165) is 24.8 Å². The molecule has 2 aromatic rings. The van der Waals surface area contributed by atoms with Gasteiger partial charge in [0, 0.05) is 24.5 Å². The molecule has 0 bridgehead atoms. The van der Waals surface area contributed by atoms with E-state index in [1.54, 1.807) is 24.3 Å². The zero-order valence-corrected chi connectivity index (χ0v) is 20.2. The quantitative estimate of drug-likeness (QED) is 0.546.